The lowest BCUT2D eigenvalue weighted by atomic mass is 10.1. The number of carbonyl (C=O) groups excluding carboxylic acids is 1. The van der Waals surface area contributed by atoms with E-state index in [-0.39, 0.29) is 6.03 Å². The number of hydrogen-bond donors (Lipinski definition) is 1. The zero-order valence-corrected chi connectivity index (χ0v) is 15.1. The SMILES string of the molecule is COc1ccccc1N1CCN(C(=O)Nc2ccc(C)c(C)c2)CC1. The minimum atomic E-state index is -0.0390. The van der Waals surface area contributed by atoms with Gasteiger partial charge < -0.3 is 19.9 Å². The number of aryl methyl sites for hydroxylation is 2. The average Bonchev–Trinajstić information content (AvgIpc) is 2.65. The molecule has 5 nitrogen and oxygen atoms in total. The summed E-state index contributed by atoms with van der Waals surface area (Å²) in [5, 5.41) is 3.00. The van der Waals surface area contributed by atoms with Gasteiger partial charge in [0.2, 0.25) is 0 Å². The zero-order chi connectivity index (χ0) is 17.8. The van der Waals surface area contributed by atoms with E-state index in [0.29, 0.717) is 13.1 Å². The maximum Gasteiger partial charge on any atom is 0.321 e. The molecule has 0 unspecified atom stereocenters. The van der Waals surface area contributed by atoms with E-state index in [1.807, 2.05) is 41.3 Å². The number of methoxy groups -OCH3 is 1. The molecule has 0 aliphatic carbocycles. The Morgan fingerprint density at radius 3 is 2.40 bits per heavy atom. The summed E-state index contributed by atoms with van der Waals surface area (Å²) in [6.07, 6.45) is 0. The number of urea groups is 1. The summed E-state index contributed by atoms with van der Waals surface area (Å²) in [5.41, 5.74) is 4.33. The molecule has 0 aromatic heterocycles. The third kappa shape index (κ3) is 3.87. The first-order valence-electron chi connectivity index (χ1n) is 8.59. The Morgan fingerprint density at radius 1 is 1.00 bits per heavy atom. The van der Waals surface area contributed by atoms with Crippen LogP contribution in [0.2, 0.25) is 0 Å². The summed E-state index contributed by atoms with van der Waals surface area (Å²) in [6, 6.07) is 14.0. The van der Waals surface area contributed by atoms with E-state index < -0.39 is 0 Å². The third-order valence-electron chi connectivity index (χ3n) is 4.75. The smallest absolute Gasteiger partial charge is 0.321 e. The van der Waals surface area contributed by atoms with Gasteiger partial charge in [0.05, 0.1) is 12.8 Å². The monoisotopic (exact) mass is 339 g/mol. The highest BCUT2D eigenvalue weighted by molar-refractivity contribution is 5.89. The molecule has 2 aromatic carbocycles. The summed E-state index contributed by atoms with van der Waals surface area (Å²) in [5.74, 6) is 0.871. The van der Waals surface area contributed by atoms with Crippen LogP contribution in [0.4, 0.5) is 16.2 Å². The van der Waals surface area contributed by atoms with Gasteiger partial charge in [-0.05, 0) is 49.2 Å². The van der Waals surface area contributed by atoms with Crippen molar-refractivity contribution in [1.82, 2.24) is 4.90 Å². The first-order valence-corrected chi connectivity index (χ1v) is 8.59. The second kappa shape index (κ2) is 7.47. The number of hydrogen-bond acceptors (Lipinski definition) is 3. The van der Waals surface area contributed by atoms with Gasteiger partial charge in [0.25, 0.3) is 0 Å². The van der Waals surface area contributed by atoms with E-state index in [9.17, 15) is 4.79 Å². The number of para-hydroxylation sites is 2. The van der Waals surface area contributed by atoms with Gasteiger partial charge in [-0.2, -0.15) is 0 Å². The molecule has 0 radical (unpaired) electrons. The molecule has 0 atom stereocenters. The molecule has 1 fully saturated rings. The highest BCUT2D eigenvalue weighted by atomic mass is 16.5. The quantitative estimate of drug-likeness (QED) is 0.928. The molecule has 25 heavy (non-hydrogen) atoms. The molecule has 2 amide bonds. The van der Waals surface area contributed by atoms with Gasteiger partial charge in [0, 0.05) is 31.9 Å². The van der Waals surface area contributed by atoms with Crippen molar-refractivity contribution >= 4 is 17.4 Å². The summed E-state index contributed by atoms with van der Waals surface area (Å²) in [6.45, 7) is 7.08. The summed E-state index contributed by atoms with van der Waals surface area (Å²) in [4.78, 5) is 16.6. The maximum absolute atomic E-state index is 12.5. The van der Waals surface area contributed by atoms with Crippen LogP contribution >= 0.6 is 0 Å². The number of nitrogens with one attached hydrogen (secondary N) is 1. The lowest BCUT2D eigenvalue weighted by Crippen LogP contribution is -2.50. The number of rotatable bonds is 3. The molecule has 2 aromatic rings. The van der Waals surface area contributed by atoms with Crippen LogP contribution in [-0.2, 0) is 0 Å². The Hall–Kier alpha value is -2.69. The predicted molar refractivity (Wildman–Crippen MR) is 102 cm³/mol. The predicted octanol–water partition coefficient (Wildman–Crippen LogP) is 3.67. The Bertz CT molecular complexity index is 752. The van der Waals surface area contributed by atoms with Gasteiger partial charge >= 0.3 is 6.03 Å². The molecular formula is C20H25N3O2. The molecule has 0 spiro atoms. The number of ether oxygens (including phenoxy) is 1. The fraction of sp³-hybridized carbons (Fsp3) is 0.350. The van der Waals surface area contributed by atoms with E-state index in [1.54, 1.807) is 7.11 Å². The molecule has 3 rings (SSSR count). The van der Waals surface area contributed by atoms with E-state index in [2.05, 4.69) is 30.1 Å². The Balaban J connectivity index is 1.60. The van der Waals surface area contributed by atoms with E-state index in [4.69, 9.17) is 4.74 Å². The van der Waals surface area contributed by atoms with E-state index in [1.165, 1.54) is 11.1 Å². The van der Waals surface area contributed by atoms with Crippen molar-refractivity contribution < 1.29 is 9.53 Å². The Kier molecular flexibility index (Phi) is 5.12. The van der Waals surface area contributed by atoms with Gasteiger partial charge in [0.15, 0.2) is 0 Å². The largest absolute Gasteiger partial charge is 0.495 e. The molecule has 1 saturated heterocycles. The first-order chi connectivity index (χ1) is 12.1. The average molecular weight is 339 g/mol. The number of piperazine rings is 1. The standard InChI is InChI=1S/C20H25N3O2/c1-15-8-9-17(14-16(15)2)21-20(24)23-12-10-22(11-13-23)18-6-4-5-7-19(18)25-3/h4-9,14H,10-13H2,1-3H3,(H,21,24). The van der Waals surface area contributed by atoms with Crippen molar-refractivity contribution in [2.45, 2.75) is 13.8 Å². The molecule has 1 aliphatic rings. The highest BCUT2D eigenvalue weighted by Crippen LogP contribution is 2.28. The van der Waals surface area contributed by atoms with Crippen LogP contribution in [0.15, 0.2) is 42.5 Å². The first kappa shape index (κ1) is 17.1. The second-order valence-electron chi connectivity index (χ2n) is 6.38. The number of benzene rings is 2. The Labute approximate surface area is 149 Å². The fourth-order valence-electron chi connectivity index (χ4n) is 3.06. The van der Waals surface area contributed by atoms with Crippen LogP contribution in [0.5, 0.6) is 5.75 Å². The van der Waals surface area contributed by atoms with Crippen molar-refractivity contribution in [2.75, 3.05) is 43.5 Å². The summed E-state index contributed by atoms with van der Waals surface area (Å²) >= 11 is 0. The normalized spacial score (nSPS) is 14.4. The number of anilines is 2. The molecule has 0 saturated carbocycles. The van der Waals surface area contributed by atoms with E-state index >= 15 is 0 Å². The molecular weight excluding hydrogens is 314 g/mol. The van der Waals surface area contributed by atoms with Crippen molar-refractivity contribution in [2.24, 2.45) is 0 Å². The molecule has 132 valence electrons. The maximum atomic E-state index is 12.5. The summed E-state index contributed by atoms with van der Waals surface area (Å²) < 4.78 is 5.44. The van der Waals surface area contributed by atoms with Crippen LogP contribution in [-0.4, -0.2) is 44.2 Å². The van der Waals surface area contributed by atoms with Crippen molar-refractivity contribution in [3.8, 4) is 5.75 Å². The Morgan fingerprint density at radius 2 is 1.72 bits per heavy atom. The molecule has 1 heterocycles. The van der Waals surface area contributed by atoms with E-state index in [0.717, 1.165) is 30.2 Å². The minimum absolute atomic E-state index is 0.0390. The molecule has 5 heteroatoms. The number of nitrogens with zero attached hydrogens (tertiary/aromatic N) is 2. The molecule has 0 bridgehead atoms. The topological polar surface area (TPSA) is 44.8 Å². The van der Waals surface area contributed by atoms with Gasteiger partial charge in [-0.3, -0.25) is 0 Å². The fourth-order valence-corrected chi connectivity index (χ4v) is 3.06. The molecule has 1 aliphatic heterocycles. The van der Waals surface area contributed by atoms with Crippen LogP contribution in [0.25, 0.3) is 0 Å². The minimum Gasteiger partial charge on any atom is -0.495 e. The van der Waals surface area contributed by atoms with Gasteiger partial charge in [0.1, 0.15) is 5.75 Å². The van der Waals surface area contributed by atoms with Crippen LogP contribution in [0.1, 0.15) is 11.1 Å². The van der Waals surface area contributed by atoms with Gasteiger partial charge in [-0.1, -0.05) is 18.2 Å². The molecule has 1 N–H and O–H groups in total. The van der Waals surface area contributed by atoms with Crippen molar-refractivity contribution in [3.05, 3.63) is 53.6 Å². The summed E-state index contributed by atoms with van der Waals surface area (Å²) in [7, 11) is 1.69. The van der Waals surface area contributed by atoms with Crippen LogP contribution in [0.3, 0.4) is 0 Å². The second-order valence-corrected chi connectivity index (χ2v) is 6.38. The lowest BCUT2D eigenvalue weighted by Gasteiger charge is -2.36. The van der Waals surface area contributed by atoms with Crippen molar-refractivity contribution in [1.29, 1.82) is 0 Å². The number of amides is 2. The van der Waals surface area contributed by atoms with Gasteiger partial charge in [-0.15, -0.1) is 0 Å². The van der Waals surface area contributed by atoms with Gasteiger partial charge in [-0.25, -0.2) is 4.79 Å². The lowest BCUT2D eigenvalue weighted by molar-refractivity contribution is 0.208. The van der Waals surface area contributed by atoms with Crippen molar-refractivity contribution in [3.63, 3.8) is 0 Å². The van der Waals surface area contributed by atoms with Crippen LogP contribution in [0, 0.1) is 13.8 Å². The number of carbonyl (C=O) groups is 1. The van der Waals surface area contributed by atoms with Crippen LogP contribution < -0.4 is 15.0 Å². The third-order valence-corrected chi connectivity index (χ3v) is 4.75. The zero-order valence-electron chi connectivity index (χ0n) is 15.1. The highest BCUT2D eigenvalue weighted by Gasteiger charge is 2.22.